The van der Waals surface area contributed by atoms with Gasteiger partial charge < -0.3 is 10.1 Å². The molecule has 0 spiro atoms. The van der Waals surface area contributed by atoms with Crippen LogP contribution in [0, 0.1) is 5.82 Å². The Morgan fingerprint density at radius 2 is 1.90 bits per heavy atom. The molecule has 4 nitrogen and oxygen atoms in total. The third-order valence-electron chi connectivity index (χ3n) is 3.04. The van der Waals surface area contributed by atoms with Crippen LogP contribution in [0.15, 0.2) is 24.3 Å². The highest BCUT2D eigenvalue weighted by atomic mass is 19.1. The van der Waals surface area contributed by atoms with Gasteiger partial charge in [-0.25, -0.2) is 4.39 Å². The van der Waals surface area contributed by atoms with E-state index >= 15 is 0 Å². The SMILES string of the molecule is CCCCNC(CC(=O)OCC)C(=O)c1ccc(F)cc1. The number of halogens is 1. The van der Waals surface area contributed by atoms with Gasteiger partial charge in [0.25, 0.3) is 0 Å². The minimum atomic E-state index is -0.638. The van der Waals surface area contributed by atoms with Crippen molar-refractivity contribution in [2.24, 2.45) is 0 Å². The number of rotatable bonds is 9. The van der Waals surface area contributed by atoms with E-state index in [4.69, 9.17) is 4.74 Å². The lowest BCUT2D eigenvalue weighted by Crippen LogP contribution is -2.39. The van der Waals surface area contributed by atoms with Crippen molar-refractivity contribution in [2.45, 2.75) is 39.2 Å². The van der Waals surface area contributed by atoms with Crippen molar-refractivity contribution in [3.8, 4) is 0 Å². The van der Waals surface area contributed by atoms with Gasteiger partial charge in [-0.3, -0.25) is 9.59 Å². The van der Waals surface area contributed by atoms with E-state index in [9.17, 15) is 14.0 Å². The van der Waals surface area contributed by atoms with E-state index in [1.807, 2.05) is 6.92 Å². The predicted molar refractivity (Wildman–Crippen MR) is 78.7 cm³/mol. The third kappa shape index (κ3) is 6.04. The van der Waals surface area contributed by atoms with Gasteiger partial charge in [0, 0.05) is 5.56 Å². The average Bonchev–Trinajstić information content (AvgIpc) is 2.47. The highest BCUT2D eigenvalue weighted by Crippen LogP contribution is 2.09. The highest BCUT2D eigenvalue weighted by Gasteiger charge is 2.23. The summed E-state index contributed by atoms with van der Waals surface area (Å²) >= 11 is 0. The van der Waals surface area contributed by atoms with Gasteiger partial charge in [0.1, 0.15) is 5.82 Å². The molecule has 1 aromatic rings. The summed E-state index contributed by atoms with van der Waals surface area (Å²) in [5, 5.41) is 3.08. The van der Waals surface area contributed by atoms with Gasteiger partial charge in [0.05, 0.1) is 19.1 Å². The Hall–Kier alpha value is -1.75. The van der Waals surface area contributed by atoms with Gasteiger partial charge in [0.2, 0.25) is 0 Å². The van der Waals surface area contributed by atoms with E-state index in [-0.39, 0.29) is 18.8 Å². The topological polar surface area (TPSA) is 55.4 Å². The van der Waals surface area contributed by atoms with Gasteiger partial charge in [-0.1, -0.05) is 13.3 Å². The summed E-state index contributed by atoms with van der Waals surface area (Å²) < 4.78 is 17.8. The first-order valence-corrected chi connectivity index (χ1v) is 7.27. The number of ketones is 1. The molecule has 0 heterocycles. The molecule has 0 saturated heterocycles. The van der Waals surface area contributed by atoms with Crippen LogP contribution < -0.4 is 5.32 Å². The lowest BCUT2D eigenvalue weighted by molar-refractivity contribution is -0.143. The second-order valence-electron chi connectivity index (χ2n) is 4.74. The number of unbranched alkanes of at least 4 members (excludes halogenated alkanes) is 1. The lowest BCUT2D eigenvalue weighted by Gasteiger charge is -2.17. The number of esters is 1. The molecule has 0 saturated carbocycles. The fourth-order valence-electron chi connectivity index (χ4n) is 1.91. The van der Waals surface area contributed by atoms with Crippen LogP contribution in [-0.2, 0) is 9.53 Å². The highest BCUT2D eigenvalue weighted by molar-refractivity contribution is 6.01. The normalized spacial score (nSPS) is 12.0. The van der Waals surface area contributed by atoms with E-state index in [0.29, 0.717) is 12.1 Å². The second-order valence-corrected chi connectivity index (χ2v) is 4.74. The van der Waals surface area contributed by atoms with E-state index < -0.39 is 17.8 Å². The Kier molecular flexibility index (Phi) is 7.61. The van der Waals surface area contributed by atoms with Crippen LogP contribution in [0.3, 0.4) is 0 Å². The second kappa shape index (κ2) is 9.23. The minimum absolute atomic E-state index is 0.0201. The van der Waals surface area contributed by atoms with E-state index in [1.54, 1.807) is 6.92 Å². The third-order valence-corrected chi connectivity index (χ3v) is 3.04. The molecule has 0 aliphatic carbocycles. The van der Waals surface area contributed by atoms with Crippen molar-refractivity contribution in [1.82, 2.24) is 5.32 Å². The van der Waals surface area contributed by atoms with Crippen molar-refractivity contribution >= 4 is 11.8 Å². The molecule has 1 N–H and O–H groups in total. The van der Waals surface area contributed by atoms with Gasteiger partial charge in [-0.15, -0.1) is 0 Å². The Labute approximate surface area is 124 Å². The first-order chi connectivity index (χ1) is 10.1. The number of nitrogens with one attached hydrogen (secondary N) is 1. The first kappa shape index (κ1) is 17.3. The molecule has 0 radical (unpaired) electrons. The summed E-state index contributed by atoms with van der Waals surface area (Å²) in [6.07, 6.45) is 1.88. The molecule has 0 aliphatic heterocycles. The summed E-state index contributed by atoms with van der Waals surface area (Å²) in [4.78, 5) is 24.0. The fraction of sp³-hybridized carbons (Fsp3) is 0.500. The molecule has 1 atom stereocenters. The molecule has 0 aliphatic rings. The maximum atomic E-state index is 12.9. The smallest absolute Gasteiger partial charge is 0.307 e. The van der Waals surface area contributed by atoms with Gasteiger partial charge in [-0.05, 0) is 44.2 Å². The molecule has 1 unspecified atom stereocenters. The summed E-state index contributed by atoms with van der Waals surface area (Å²) in [6, 6.07) is 4.69. The van der Waals surface area contributed by atoms with Crippen molar-refractivity contribution in [3.63, 3.8) is 0 Å². The molecule has 21 heavy (non-hydrogen) atoms. The van der Waals surface area contributed by atoms with Crippen LogP contribution in [0.4, 0.5) is 4.39 Å². The molecule has 1 rings (SSSR count). The van der Waals surface area contributed by atoms with Crippen LogP contribution in [0.5, 0.6) is 0 Å². The number of benzene rings is 1. The molecule has 0 amide bonds. The van der Waals surface area contributed by atoms with Gasteiger partial charge in [0.15, 0.2) is 5.78 Å². The molecular formula is C16H22FNO3. The largest absolute Gasteiger partial charge is 0.466 e. The van der Waals surface area contributed by atoms with E-state index in [1.165, 1.54) is 24.3 Å². The van der Waals surface area contributed by atoms with Gasteiger partial charge in [-0.2, -0.15) is 0 Å². The standard InChI is InChI=1S/C16H22FNO3/c1-3-5-10-18-14(11-15(19)21-4-2)16(20)12-6-8-13(17)9-7-12/h6-9,14,18H,3-5,10-11H2,1-2H3. The van der Waals surface area contributed by atoms with E-state index in [2.05, 4.69) is 5.32 Å². The summed E-state index contributed by atoms with van der Waals surface area (Å²) in [7, 11) is 0. The van der Waals surface area contributed by atoms with Gasteiger partial charge >= 0.3 is 5.97 Å². The lowest BCUT2D eigenvalue weighted by atomic mass is 10.0. The average molecular weight is 295 g/mol. The zero-order chi connectivity index (χ0) is 15.7. The number of carbonyl (C=O) groups is 2. The zero-order valence-corrected chi connectivity index (χ0v) is 12.5. The Morgan fingerprint density at radius 3 is 2.48 bits per heavy atom. The monoisotopic (exact) mass is 295 g/mol. The van der Waals surface area contributed by atoms with Crippen molar-refractivity contribution in [2.75, 3.05) is 13.2 Å². The van der Waals surface area contributed by atoms with Crippen molar-refractivity contribution in [1.29, 1.82) is 0 Å². The minimum Gasteiger partial charge on any atom is -0.466 e. The maximum absolute atomic E-state index is 12.9. The van der Waals surface area contributed by atoms with Crippen LogP contribution in [-0.4, -0.2) is 30.9 Å². The van der Waals surface area contributed by atoms with E-state index in [0.717, 1.165) is 12.8 Å². The Balaban J connectivity index is 2.75. The maximum Gasteiger partial charge on any atom is 0.307 e. The molecular weight excluding hydrogens is 273 g/mol. The summed E-state index contributed by atoms with van der Waals surface area (Å²) in [5.74, 6) is -1.03. The number of ether oxygens (including phenoxy) is 1. The Bertz CT molecular complexity index is 459. The van der Waals surface area contributed by atoms with Crippen LogP contribution >= 0.6 is 0 Å². The van der Waals surface area contributed by atoms with Crippen LogP contribution in [0.25, 0.3) is 0 Å². The summed E-state index contributed by atoms with van der Waals surface area (Å²) in [6.45, 7) is 4.70. The van der Waals surface area contributed by atoms with Crippen molar-refractivity contribution in [3.05, 3.63) is 35.6 Å². The van der Waals surface area contributed by atoms with Crippen LogP contribution in [0.1, 0.15) is 43.5 Å². The number of Topliss-reactive ketones (excluding diaryl/α,β-unsaturated/α-hetero) is 1. The summed E-state index contributed by atoms with van der Waals surface area (Å²) in [5.41, 5.74) is 0.384. The van der Waals surface area contributed by atoms with Crippen molar-refractivity contribution < 1.29 is 18.7 Å². The molecule has 116 valence electrons. The quantitative estimate of drug-likeness (QED) is 0.432. The molecule has 0 fully saturated rings. The number of hydrogen-bond acceptors (Lipinski definition) is 4. The molecule has 1 aromatic carbocycles. The first-order valence-electron chi connectivity index (χ1n) is 7.27. The predicted octanol–water partition coefficient (Wildman–Crippen LogP) is 2.72. The van der Waals surface area contributed by atoms with Crippen LogP contribution in [0.2, 0.25) is 0 Å². The fourth-order valence-corrected chi connectivity index (χ4v) is 1.91. The molecule has 5 heteroatoms. The molecule has 0 bridgehead atoms. The number of carbonyl (C=O) groups excluding carboxylic acids is 2. The zero-order valence-electron chi connectivity index (χ0n) is 12.5. The molecule has 0 aromatic heterocycles. The number of hydrogen-bond donors (Lipinski definition) is 1. The Morgan fingerprint density at radius 1 is 1.24 bits per heavy atom.